The van der Waals surface area contributed by atoms with Gasteiger partial charge < -0.3 is 5.73 Å². The molecular weight excluding hydrogens is 238 g/mol. The second kappa shape index (κ2) is 5.84. The van der Waals surface area contributed by atoms with Crippen molar-refractivity contribution in [3.05, 3.63) is 42.0 Å². The summed E-state index contributed by atoms with van der Waals surface area (Å²) in [6.07, 6.45) is 14.4. The smallest absolute Gasteiger partial charge is 0.0552 e. The lowest BCUT2D eigenvalue weighted by Crippen LogP contribution is -1.91. The second-order valence-corrected chi connectivity index (χ2v) is 10.2. The summed E-state index contributed by atoms with van der Waals surface area (Å²) >= 11 is 0. The van der Waals surface area contributed by atoms with Crippen molar-refractivity contribution in [3.63, 3.8) is 0 Å². The SMILES string of the molecule is C#Cc1ccc2ccccc2c1N.CS(C)(C)C. The number of anilines is 1. The number of rotatable bonds is 0. The number of nitrogen functional groups attached to an aromatic ring is 1. The van der Waals surface area contributed by atoms with Crippen molar-refractivity contribution in [1.29, 1.82) is 0 Å². The molecule has 0 radical (unpaired) electrons. The predicted octanol–water partition coefficient (Wildman–Crippen LogP) is 3.71. The Hall–Kier alpha value is -1.59. The third kappa shape index (κ3) is 4.35. The lowest BCUT2D eigenvalue weighted by Gasteiger charge is -2.15. The summed E-state index contributed by atoms with van der Waals surface area (Å²) < 4.78 is 0. The summed E-state index contributed by atoms with van der Waals surface area (Å²) in [5.74, 6) is 2.56. The van der Waals surface area contributed by atoms with Crippen LogP contribution in [0, 0.1) is 12.3 Å². The highest BCUT2D eigenvalue weighted by Gasteiger charge is 2.00. The van der Waals surface area contributed by atoms with Crippen LogP contribution in [-0.2, 0) is 0 Å². The number of nitrogens with two attached hydrogens (primary N) is 1. The van der Waals surface area contributed by atoms with E-state index in [0.717, 1.165) is 16.3 Å². The fourth-order valence-corrected chi connectivity index (χ4v) is 1.42. The van der Waals surface area contributed by atoms with Gasteiger partial charge in [-0.05, 0) is 36.5 Å². The molecule has 2 aromatic carbocycles. The predicted molar refractivity (Wildman–Crippen MR) is 87.6 cm³/mol. The van der Waals surface area contributed by atoms with E-state index in [2.05, 4.69) is 30.9 Å². The molecule has 0 bridgehead atoms. The highest BCUT2D eigenvalue weighted by molar-refractivity contribution is 8.31. The minimum absolute atomic E-state index is 0.167. The molecule has 2 heteroatoms. The summed E-state index contributed by atoms with van der Waals surface area (Å²) in [7, 11) is -0.167. The highest BCUT2D eigenvalue weighted by Crippen LogP contribution is 2.27. The van der Waals surface area contributed by atoms with E-state index in [1.54, 1.807) is 0 Å². The van der Waals surface area contributed by atoms with Gasteiger partial charge in [-0.2, -0.15) is 0 Å². The van der Waals surface area contributed by atoms with Crippen LogP contribution >= 0.6 is 10.0 Å². The second-order valence-electron chi connectivity index (χ2n) is 5.34. The molecule has 0 spiro atoms. The molecule has 0 aromatic heterocycles. The van der Waals surface area contributed by atoms with Crippen LogP contribution in [0.15, 0.2) is 36.4 Å². The summed E-state index contributed by atoms with van der Waals surface area (Å²) in [5.41, 5.74) is 7.34. The lowest BCUT2D eigenvalue weighted by molar-refractivity contribution is 1.68. The number of fused-ring (bicyclic) bond motifs is 1. The normalized spacial score (nSPS) is 11.3. The van der Waals surface area contributed by atoms with Crippen molar-refractivity contribution < 1.29 is 0 Å². The van der Waals surface area contributed by atoms with Gasteiger partial charge in [0, 0.05) is 10.9 Å². The van der Waals surface area contributed by atoms with Crippen LogP contribution in [-0.4, -0.2) is 25.0 Å². The van der Waals surface area contributed by atoms with Crippen molar-refractivity contribution in [1.82, 2.24) is 0 Å². The van der Waals surface area contributed by atoms with Gasteiger partial charge in [0.05, 0.1) is 5.69 Å². The first-order valence-electron chi connectivity index (χ1n) is 5.70. The molecule has 0 atom stereocenters. The van der Waals surface area contributed by atoms with E-state index in [1.165, 1.54) is 0 Å². The maximum atomic E-state index is 5.89. The zero-order valence-electron chi connectivity index (χ0n) is 11.5. The Bertz CT molecular complexity index is 568. The minimum atomic E-state index is -0.167. The number of benzene rings is 2. The van der Waals surface area contributed by atoms with E-state index >= 15 is 0 Å². The topological polar surface area (TPSA) is 26.0 Å². The van der Waals surface area contributed by atoms with Gasteiger partial charge in [-0.15, -0.1) is 6.42 Å². The van der Waals surface area contributed by atoms with Crippen LogP contribution in [0.5, 0.6) is 0 Å². The molecule has 0 fully saturated rings. The number of hydrogen-bond donors (Lipinski definition) is 1. The van der Waals surface area contributed by atoms with Crippen molar-refractivity contribution in [2.24, 2.45) is 0 Å². The van der Waals surface area contributed by atoms with Gasteiger partial charge in [-0.3, -0.25) is 10.0 Å². The van der Waals surface area contributed by atoms with Gasteiger partial charge in [-0.25, -0.2) is 0 Å². The zero-order valence-corrected chi connectivity index (χ0v) is 12.3. The summed E-state index contributed by atoms with van der Waals surface area (Å²) in [4.78, 5) is 0. The zero-order chi connectivity index (χ0) is 13.8. The molecule has 18 heavy (non-hydrogen) atoms. The molecule has 0 unspecified atom stereocenters. The quantitative estimate of drug-likeness (QED) is 0.566. The molecule has 0 amide bonds. The van der Waals surface area contributed by atoms with E-state index in [4.69, 9.17) is 12.2 Å². The van der Waals surface area contributed by atoms with Gasteiger partial charge >= 0.3 is 0 Å². The van der Waals surface area contributed by atoms with Crippen LogP contribution in [0.3, 0.4) is 0 Å². The molecule has 0 heterocycles. The van der Waals surface area contributed by atoms with Gasteiger partial charge in [0.15, 0.2) is 0 Å². The van der Waals surface area contributed by atoms with Gasteiger partial charge in [-0.1, -0.05) is 36.3 Å². The third-order valence-corrected chi connectivity index (χ3v) is 2.13. The minimum Gasteiger partial charge on any atom is -0.397 e. The van der Waals surface area contributed by atoms with Gasteiger partial charge in [0.25, 0.3) is 0 Å². The average Bonchev–Trinajstić information content (AvgIpc) is 2.28. The van der Waals surface area contributed by atoms with Crippen molar-refractivity contribution in [2.75, 3.05) is 30.8 Å². The largest absolute Gasteiger partial charge is 0.397 e. The molecule has 0 saturated heterocycles. The Morgan fingerprint density at radius 3 is 2.11 bits per heavy atom. The van der Waals surface area contributed by atoms with E-state index in [1.807, 2.05) is 36.4 Å². The van der Waals surface area contributed by atoms with Gasteiger partial charge in [0.2, 0.25) is 0 Å². The molecule has 2 rings (SSSR count). The van der Waals surface area contributed by atoms with E-state index < -0.39 is 0 Å². The first-order valence-corrected chi connectivity index (χ1v) is 8.96. The molecule has 0 aliphatic carbocycles. The molecular formula is C16H21NS. The summed E-state index contributed by atoms with van der Waals surface area (Å²) in [6, 6.07) is 11.8. The Kier molecular flexibility index (Phi) is 4.69. The molecule has 1 nitrogen and oxygen atoms in total. The first kappa shape index (κ1) is 14.5. The fraction of sp³-hybridized carbons (Fsp3) is 0.250. The van der Waals surface area contributed by atoms with E-state index in [9.17, 15) is 0 Å². The Morgan fingerprint density at radius 1 is 1.00 bits per heavy atom. The Labute approximate surface area is 112 Å². The third-order valence-electron chi connectivity index (χ3n) is 2.13. The molecule has 96 valence electrons. The van der Waals surface area contributed by atoms with E-state index in [0.29, 0.717) is 5.69 Å². The maximum Gasteiger partial charge on any atom is 0.0552 e. The van der Waals surface area contributed by atoms with Crippen LogP contribution in [0.2, 0.25) is 0 Å². The molecule has 2 aromatic rings. The van der Waals surface area contributed by atoms with Crippen molar-refractivity contribution in [3.8, 4) is 12.3 Å². The summed E-state index contributed by atoms with van der Waals surface area (Å²) in [6.45, 7) is 0. The van der Waals surface area contributed by atoms with Crippen molar-refractivity contribution in [2.45, 2.75) is 0 Å². The molecule has 2 N–H and O–H groups in total. The molecule has 0 saturated carbocycles. The van der Waals surface area contributed by atoms with Crippen LogP contribution in [0.25, 0.3) is 10.8 Å². The Morgan fingerprint density at radius 2 is 1.56 bits per heavy atom. The van der Waals surface area contributed by atoms with Crippen LogP contribution < -0.4 is 5.73 Å². The average molecular weight is 259 g/mol. The maximum absolute atomic E-state index is 5.89. The summed E-state index contributed by atoms with van der Waals surface area (Å²) in [5, 5.41) is 2.15. The lowest BCUT2D eigenvalue weighted by atomic mass is 10.0. The van der Waals surface area contributed by atoms with Crippen LogP contribution in [0.1, 0.15) is 5.56 Å². The van der Waals surface area contributed by atoms with E-state index in [-0.39, 0.29) is 10.0 Å². The highest BCUT2D eigenvalue weighted by atomic mass is 32.3. The van der Waals surface area contributed by atoms with Gasteiger partial charge in [0.1, 0.15) is 0 Å². The van der Waals surface area contributed by atoms with Crippen molar-refractivity contribution >= 4 is 26.5 Å². The number of hydrogen-bond acceptors (Lipinski definition) is 1. The standard InChI is InChI=1S/C12H9N.C4H12S/c1-2-9-7-8-10-5-3-4-6-11(10)12(9)13;1-5(2,3)4/h1,3-8H,13H2;1-4H3. The molecule has 0 aliphatic rings. The monoisotopic (exact) mass is 259 g/mol. The first-order chi connectivity index (χ1) is 8.33. The Balaban J connectivity index is 0.000000280. The number of terminal acetylenes is 1. The van der Waals surface area contributed by atoms with Crippen LogP contribution in [0.4, 0.5) is 5.69 Å². The fourth-order valence-electron chi connectivity index (χ4n) is 1.42. The molecule has 0 aliphatic heterocycles.